The molecule has 0 bridgehead atoms. The van der Waals surface area contributed by atoms with Crippen LogP contribution < -0.4 is 0 Å². The van der Waals surface area contributed by atoms with Crippen LogP contribution in [0.25, 0.3) is 11.3 Å². The summed E-state index contributed by atoms with van der Waals surface area (Å²) in [5, 5.41) is 3.54. The SMILES string of the molecule is COC(=O)c1c(-c2c(F)cc(Br)cc2F)noc1C. The number of esters is 1. The zero-order chi connectivity index (χ0) is 14.2. The van der Waals surface area contributed by atoms with Crippen LogP contribution in [0.4, 0.5) is 8.78 Å². The first-order valence-corrected chi connectivity index (χ1v) is 5.94. The van der Waals surface area contributed by atoms with Crippen LogP contribution in [-0.2, 0) is 4.74 Å². The summed E-state index contributed by atoms with van der Waals surface area (Å²) in [6, 6.07) is 2.15. The van der Waals surface area contributed by atoms with E-state index in [1.807, 2.05) is 0 Å². The first-order valence-electron chi connectivity index (χ1n) is 5.15. The van der Waals surface area contributed by atoms with E-state index < -0.39 is 23.2 Å². The molecule has 1 aromatic carbocycles. The summed E-state index contributed by atoms with van der Waals surface area (Å²) < 4.78 is 37.3. The Hall–Kier alpha value is -1.76. The van der Waals surface area contributed by atoms with Gasteiger partial charge in [-0.2, -0.15) is 0 Å². The van der Waals surface area contributed by atoms with Gasteiger partial charge >= 0.3 is 5.97 Å². The van der Waals surface area contributed by atoms with Crippen molar-refractivity contribution in [3.05, 3.63) is 39.6 Å². The zero-order valence-corrected chi connectivity index (χ0v) is 11.5. The van der Waals surface area contributed by atoms with Gasteiger partial charge in [0.05, 0.1) is 12.7 Å². The summed E-state index contributed by atoms with van der Waals surface area (Å²) in [6.45, 7) is 1.46. The van der Waals surface area contributed by atoms with E-state index in [4.69, 9.17) is 4.52 Å². The van der Waals surface area contributed by atoms with Gasteiger partial charge in [0.2, 0.25) is 0 Å². The minimum atomic E-state index is -0.856. The summed E-state index contributed by atoms with van der Waals surface area (Å²) in [4.78, 5) is 11.6. The number of carbonyl (C=O) groups excluding carboxylic acids is 1. The monoisotopic (exact) mass is 331 g/mol. The second-order valence-corrected chi connectivity index (χ2v) is 4.61. The summed E-state index contributed by atoms with van der Waals surface area (Å²) in [6.07, 6.45) is 0. The first kappa shape index (κ1) is 13.7. The third-order valence-corrected chi connectivity index (χ3v) is 2.95. The van der Waals surface area contributed by atoms with Crippen molar-refractivity contribution >= 4 is 21.9 Å². The lowest BCUT2D eigenvalue weighted by atomic mass is 10.1. The van der Waals surface area contributed by atoms with E-state index in [1.54, 1.807) is 0 Å². The fraction of sp³-hybridized carbons (Fsp3) is 0.167. The molecule has 1 aromatic heterocycles. The molecule has 0 radical (unpaired) electrons. The molecule has 100 valence electrons. The highest BCUT2D eigenvalue weighted by atomic mass is 79.9. The number of aryl methyl sites for hydroxylation is 1. The standard InChI is InChI=1S/C12H8BrF2NO3/c1-5-9(12(17)18-2)11(16-19-5)10-7(14)3-6(13)4-8(10)15/h3-4H,1-2H3. The van der Waals surface area contributed by atoms with Gasteiger partial charge in [0.1, 0.15) is 28.7 Å². The molecule has 0 atom stereocenters. The molecule has 0 saturated heterocycles. The molecular weight excluding hydrogens is 324 g/mol. The van der Waals surface area contributed by atoms with Crippen molar-refractivity contribution in [2.24, 2.45) is 0 Å². The van der Waals surface area contributed by atoms with E-state index >= 15 is 0 Å². The molecular formula is C12H8BrF2NO3. The largest absolute Gasteiger partial charge is 0.465 e. The molecule has 0 unspecified atom stereocenters. The lowest BCUT2D eigenvalue weighted by molar-refractivity contribution is 0.0599. The predicted molar refractivity (Wildman–Crippen MR) is 65.6 cm³/mol. The number of ether oxygens (including phenoxy) is 1. The number of carbonyl (C=O) groups is 1. The van der Waals surface area contributed by atoms with Crippen LogP contribution in [-0.4, -0.2) is 18.2 Å². The van der Waals surface area contributed by atoms with Crippen LogP contribution in [0.5, 0.6) is 0 Å². The lowest BCUT2D eigenvalue weighted by Gasteiger charge is -2.04. The van der Waals surface area contributed by atoms with E-state index in [9.17, 15) is 13.6 Å². The molecule has 0 aliphatic rings. The van der Waals surface area contributed by atoms with Crippen molar-refractivity contribution < 1.29 is 22.8 Å². The zero-order valence-electron chi connectivity index (χ0n) is 9.96. The van der Waals surface area contributed by atoms with E-state index in [0.29, 0.717) is 0 Å². The van der Waals surface area contributed by atoms with Crippen LogP contribution in [0.15, 0.2) is 21.1 Å². The Labute approximate surface area is 115 Å². The number of rotatable bonds is 2. The van der Waals surface area contributed by atoms with Crippen molar-refractivity contribution in [2.45, 2.75) is 6.92 Å². The van der Waals surface area contributed by atoms with Gasteiger partial charge in [-0.25, -0.2) is 13.6 Å². The first-order chi connectivity index (χ1) is 8.95. The molecule has 4 nitrogen and oxygen atoms in total. The molecule has 1 heterocycles. The average molecular weight is 332 g/mol. The van der Waals surface area contributed by atoms with Crippen LogP contribution in [0.1, 0.15) is 16.1 Å². The molecule has 7 heteroatoms. The van der Waals surface area contributed by atoms with Gasteiger partial charge in [-0.1, -0.05) is 21.1 Å². The molecule has 0 saturated carbocycles. The van der Waals surface area contributed by atoms with E-state index in [2.05, 4.69) is 25.8 Å². The Morgan fingerprint density at radius 3 is 2.47 bits per heavy atom. The molecule has 0 spiro atoms. The molecule has 0 fully saturated rings. The quantitative estimate of drug-likeness (QED) is 0.790. The fourth-order valence-corrected chi connectivity index (χ4v) is 2.06. The van der Waals surface area contributed by atoms with Crippen molar-refractivity contribution in [3.8, 4) is 11.3 Å². The number of hydrogen-bond acceptors (Lipinski definition) is 4. The van der Waals surface area contributed by atoms with E-state index in [0.717, 1.165) is 19.2 Å². The highest BCUT2D eigenvalue weighted by molar-refractivity contribution is 9.10. The van der Waals surface area contributed by atoms with E-state index in [1.165, 1.54) is 6.92 Å². The highest BCUT2D eigenvalue weighted by Gasteiger charge is 2.26. The third kappa shape index (κ3) is 2.37. The number of methoxy groups -OCH3 is 1. The minimum absolute atomic E-state index is 0.0948. The van der Waals surface area contributed by atoms with Gasteiger partial charge in [0.15, 0.2) is 0 Å². The third-order valence-electron chi connectivity index (χ3n) is 2.50. The number of nitrogens with zero attached hydrogens (tertiary/aromatic N) is 1. The van der Waals surface area contributed by atoms with Gasteiger partial charge in [-0.15, -0.1) is 0 Å². The normalized spacial score (nSPS) is 10.6. The molecule has 0 aliphatic heterocycles. The van der Waals surface area contributed by atoms with Crippen molar-refractivity contribution in [3.63, 3.8) is 0 Å². The van der Waals surface area contributed by atoms with Gasteiger partial charge in [-0.05, 0) is 19.1 Å². The van der Waals surface area contributed by atoms with E-state index in [-0.39, 0.29) is 21.5 Å². The maximum atomic E-state index is 13.8. The molecule has 2 rings (SSSR count). The maximum absolute atomic E-state index is 13.8. The number of hydrogen-bond donors (Lipinski definition) is 0. The van der Waals surface area contributed by atoms with Crippen molar-refractivity contribution in [1.82, 2.24) is 5.16 Å². The minimum Gasteiger partial charge on any atom is -0.465 e. The molecule has 0 amide bonds. The topological polar surface area (TPSA) is 52.3 Å². The maximum Gasteiger partial charge on any atom is 0.343 e. The Balaban J connectivity index is 2.70. The highest BCUT2D eigenvalue weighted by Crippen LogP contribution is 2.32. The summed E-state index contributed by atoms with van der Waals surface area (Å²) in [7, 11) is 1.16. The Kier molecular flexibility index (Phi) is 3.66. The van der Waals surface area contributed by atoms with Gasteiger partial charge < -0.3 is 9.26 Å². The summed E-state index contributed by atoms with van der Waals surface area (Å²) in [5.41, 5.74) is -0.741. The molecule has 2 aromatic rings. The van der Waals surface area contributed by atoms with Crippen LogP contribution >= 0.6 is 15.9 Å². The van der Waals surface area contributed by atoms with Crippen molar-refractivity contribution in [1.29, 1.82) is 0 Å². The smallest absolute Gasteiger partial charge is 0.343 e. The fourth-order valence-electron chi connectivity index (χ4n) is 1.65. The Bertz CT molecular complexity index is 631. The average Bonchev–Trinajstić information content (AvgIpc) is 2.69. The summed E-state index contributed by atoms with van der Waals surface area (Å²) >= 11 is 2.97. The van der Waals surface area contributed by atoms with Gasteiger partial charge in [-0.3, -0.25) is 0 Å². The predicted octanol–water partition coefficient (Wildman–Crippen LogP) is 3.48. The lowest BCUT2D eigenvalue weighted by Crippen LogP contribution is -2.05. The Morgan fingerprint density at radius 1 is 1.37 bits per heavy atom. The van der Waals surface area contributed by atoms with Gasteiger partial charge in [0, 0.05) is 4.47 Å². The van der Waals surface area contributed by atoms with Crippen LogP contribution in [0, 0.1) is 18.6 Å². The number of aromatic nitrogens is 1. The van der Waals surface area contributed by atoms with Crippen LogP contribution in [0.3, 0.4) is 0 Å². The molecule has 0 N–H and O–H groups in total. The molecule has 19 heavy (non-hydrogen) atoms. The second kappa shape index (κ2) is 5.08. The van der Waals surface area contributed by atoms with Gasteiger partial charge in [0.25, 0.3) is 0 Å². The van der Waals surface area contributed by atoms with Crippen LogP contribution in [0.2, 0.25) is 0 Å². The number of halogens is 3. The van der Waals surface area contributed by atoms with Crippen molar-refractivity contribution in [2.75, 3.05) is 7.11 Å². The second-order valence-electron chi connectivity index (χ2n) is 3.70. The Morgan fingerprint density at radius 2 is 1.95 bits per heavy atom. The summed E-state index contributed by atoms with van der Waals surface area (Å²) in [5.74, 6) is -2.35. The number of benzene rings is 1. The molecule has 0 aliphatic carbocycles.